The average Bonchev–Trinajstić information content (AvgIpc) is 2.94. The van der Waals surface area contributed by atoms with Crippen molar-refractivity contribution in [2.24, 2.45) is 0 Å². The quantitative estimate of drug-likeness (QED) is 0.879. The van der Waals surface area contributed by atoms with Gasteiger partial charge in [-0.2, -0.15) is 0 Å². The van der Waals surface area contributed by atoms with Gasteiger partial charge in [-0.3, -0.25) is 0 Å². The van der Waals surface area contributed by atoms with Gasteiger partial charge in [-0.05, 0) is 12.1 Å². The van der Waals surface area contributed by atoms with Crippen LogP contribution in [-0.2, 0) is 0 Å². The summed E-state index contributed by atoms with van der Waals surface area (Å²) in [6.07, 6.45) is 1.87. The number of hydrogen-bond donors (Lipinski definition) is 1. The number of piperazine rings is 1. The first-order valence-corrected chi connectivity index (χ1v) is 6.78. The third-order valence-electron chi connectivity index (χ3n) is 3.02. The van der Waals surface area contributed by atoms with Crippen LogP contribution in [-0.4, -0.2) is 31.2 Å². The molecule has 2 aromatic rings. The van der Waals surface area contributed by atoms with E-state index in [0.717, 1.165) is 31.2 Å². The van der Waals surface area contributed by atoms with Crippen LogP contribution in [0.3, 0.4) is 0 Å². The third kappa shape index (κ3) is 2.18. The SMILES string of the molecule is c1ccc(N2CCNCC2)c(-c2nccs2)c1. The Morgan fingerprint density at radius 3 is 2.76 bits per heavy atom. The Morgan fingerprint density at radius 1 is 1.18 bits per heavy atom. The molecule has 2 heterocycles. The van der Waals surface area contributed by atoms with Crippen LogP contribution in [0, 0.1) is 0 Å². The second kappa shape index (κ2) is 4.85. The fourth-order valence-electron chi connectivity index (χ4n) is 2.19. The lowest BCUT2D eigenvalue weighted by Crippen LogP contribution is -2.43. The van der Waals surface area contributed by atoms with E-state index in [2.05, 4.69) is 39.5 Å². The van der Waals surface area contributed by atoms with E-state index >= 15 is 0 Å². The lowest BCUT2D eigenvalue weighted by atomic mass is 10.1. The second-order valence-corrected chi connectivity index (χ2v) is 4.99. The minimum atomic E-state index is 1.06. The lowest BCUT2D eigenvalue weighted by Gasteiger charge is -2.30. The summed E-state index contributed by atoms with van der Waals surface area (Å²) in [5, 5.41) is 6.53. The Hall–Kier alpha value is -1.39. The largest absolute Gasteiger partial charge is 0.368 e. The number of anilines is 1. The van der Waals surface area contributed by atoms with Crippen molar-refractivity contribution >= 4 is 17.0 Å². The van der Waals surface area contributed by atoms with E-state index in [1.807, 2.05) is 11.6 Å². The molecule has 1 aliphatic rings. The zero-order chi connectivity index (χ0) is 11.5. The van der Waals surface area contributed by atoms with E-state index in [1.165, 1.54) is 11.3 Å². The van der Waals surface area contributed by atoms with E-state index in [-0.39, 0.29) is 0 Å². The van der Waals surface area contributed by atoms with Crippen molar-refractivity contribution < 1.29 is 0 Å². The predicted molar refractivity (Wildman–Crippen MR) is 72.6 cm³/mol. The van der Waals surface area contributed by atoms with E-state index in [1.54, 1.807) is 11.3 Å². The fourth-order valence-corrected chi connectivity index (χ4v) is 2.86. The monoisotopic (exact) mass is 245 g/mol. The lowest BCUT2D eigenvalue weighted by molar-refractivity contribution is 0.589. The minimum absolute atomic E-state index is 1.06. The zero-order valence-corrected chi connectivity index (χ0v) is 10.4. The van der Waals surface area contributed by atoms with Crippen molar-refractivity contribution in [3.05, 3.63) is 35.8 Å². The summed E-state index contributed by atoms with van der Waals surface area (Å²) in [6, 6.07) is 8.55. The molecule has 88 valence electrons. The smallest absolute Gasteiger partial charge is 0.125 e. The van der Waals surface area contributed by atoms with Crippen LogP contribution in [0.15, 0.2) is 35.8 Å². The summed E-state index contributed by atoms with van der Waals surface area (Å²) < 4.78 is 0. The summed E-state index contributed by atoms with van der Waals surface area (Å²) in [5.41, 5.74) is 2.56. The normalized spacial score (nSPS) is 16.1. The number of hydrogen-bond acceptors (Lipinski definition) is 4. The van der Waals surface area contributed by atoms with E-state index < -0.39 is 0 Å². The Balaban J connectivity index is 1.98. The molecule has 0 radical (unpaired) electrons. The molecule has 0 unspecified atom stereocenters. The van der Waals surface area contributed by atoms with Crippen molar-refractivity contribution in [1.82, 2.24) is 10.3 Å². The number of para-hydroxylation sites is 1. The van der Waals surface area contributed by atoms with Crippen molar-refractivity contribution in [1.29, 1.82) is 0 Å². The maximum atomic E-state index is 4.42. The molecule has 1 aromatic heterocycles. The summed E-state index contributed by atoms with van der Waals surface area (Å²) in [7, 11) is 0. The highest BCUT2D eigenvalue weighted by Crippen LogP contribution is 2.31. The van der Waals surface area contributed by atoms with E-state index in [0.29, 0.717) is 0 Å². The topological polar surface area (TPSA) is 28.2 Å². The second-order valence-electron chi connectivity index (χ2n) is 4.09. The van der Waals surface area contributed by atoms with Gasteiger partial charge < -0.3 is 10.2 Å². The summed E-state index contributed by atoms with van der Waals surface area (Å²) in [4.78, 5) is 6.86. The van der Waals surface area contributed by atoms with Crippen molar-refractivity contribution in [2.45, 2.75) is 0 Å². The van der Waals surface area contributed by atoms with Gasteiger partial charge in [0.25, 0.3) is 0 Å². The van der Waals surface area contributed by atoms with Gasteiger partial charge in [-0.1, -0.05) is 12.1 Å². The number of aromatic nitrogens is 1. The molecule has 0 aliphatic carbocycles. The van der Waals surface area contributed by atoms with Crippen molar-refractivity contribution in [3.8, 4) is 10.6 Å². The molecule has 1 aliphatic heterocycles. The van der Waals surface area contributed by atoms with Crippen molar-refractivity contribution in [2.75, 3.05) is 31.1 Å². The maximum absolute atomic E-state index is 4.42. The molecular formula is C13H15N3S. The van der Waals surface area contributed by atoms with Gasteiger partial charge >= 0.3 is 0 Å². The molecular weight excluding hydrogens is 230 g/mol. The highest BCUT2D eigenvalue weighted by molar-refractivity contribution is 7.13. The molecule has 1 aromatic carbocycles. The first kappa shape index (κ1) is 10.7. The number of nitrogens with one attached hydrogen (secondary N) is 1. The first-order chi connectivity index (χ1) is 8.45. The molecule has 3 nitrogen and oxygen atoms in total. The van der Waals surface area contributed by atoms with Gasteiger partial charge in [0.05, 0.1) is 0 Å². The van der Waals surface area contributed by atoms with Crippen LogP contribution < -0.4 is 10.2 Å². The van der Waals surface area contributed by atoms with Gasteiger partial charge in [0, 0.05) is 49.0 Å². The molecule has 0 spiro atoms. The first-order valence-electron chi connectivity index (χ1n) is 5.90. The Bertz CT molecular complexity index is 475. The van der Waals surface area contributed by atoms with Gasteiger partial charge in [-0.25, -0.2) is 4.98 Å². The maximum Gasteiger partial charge on any atom is 0.125 e. The van der Waals surface area contributed by atoms with Gasteiger partial charge in [0.1, 0.15) is 5.01 Å². The molecule has 0 saturated carbocycles. The molecule has 0 bridgehead atoms. The molecule has 4 heteroatoms. The number of nitrogens with zero attached hydrogens (tertiary/aromatic N) is 2. The van der Waals surface area contributed by atoms with E-state index in [4.69, 9.17) is 0 Å². The van der Waals surface area contributed by atoms with Gasteiger partial charge in [0.15, 0.2) is 0 Å². The van der Waals surface area contributed by atoms with Gasteiger partial charge in [-0.15, -0.1) is 11.3 Å². The molecule has 1 N–H and O–H groups in total. The van der Waals surface area contributed by atoms with Crippen LogP contribution >= 0.6 is 11.3 Å². The van der Waals surface area contributed by atoms with Gasteiger partial charge in [0.2, 0.25) is 0 Å². The molecule has 0 atom stereocenters. The molecule has 3 rings (SSSR count). The molecule has 1 fully saturated rings. The standard InChI is InChI=1S/C13H15N3S/c1-2-4-12(16-8-5-14-6-9-16)11(3-1)13-15-7-10-17-13/h1-4,7,10,14H,5-6,8-9H2. The predicted octanol–water partition coefficient (Wildman–Crippen LogP) is 2.22. The number of benzene rings is 1. The van der Waals surface area contributed by atoms with Crippen molar-refractivity contribution in [3.63, 3.8) is 0 Å². The Morgan fingerprint density at radius 2 is 2.00 bits per heavy atom. The molecule has 1 saturated heterocycles. The minimum Gasteiger partial charge on any atom is -0.368 e. The van der Waals surface area contributed by atoms with Crippen LogP contribution in [0.5, 0.6) is 0 Å². The van der Waals surface area contributed by atoms with Crippen LogP contribution in [0.1, 0.15) is 0 Å². The number of thiazole rings is 1. The van der Waals surface area contributed by atoms with Crippen LogP contribution in [0.4, 0.5) is 5.69 Å². The highest BCUT2D eigenvalue weighted by Gasteiger charge is 2.15. The van der Waals surface area contributed by atoms with Crippen LogP contribution in [0.2, 0.25) is 0 Å². The Kier molecular flexibility index (Phi) is 3.07. The summed E-state index contributed by atoms with van der Waals surface area (Å²) >= 11 is 1.70. The average molecular weight is 245 g/mol. The molecule has 0 amide bonds. The highest BCUT2D eigenvalue weighted by atomic mass is 32.1. The summed E-state index contributed by atoms with van der Waals surface area (Å²) in [5.74, 6) is 0. The zero-order valence-electron chi connectivity index (χ0n) is 9.60. The van der Waals surface area contributed by atoms with E-state index in [9.17, 15) is 0 Å². The summed E-state index contributed by atoms with van der Waals surface area (Å²) in [6.45, 7) is 4.27. The number of rotatable bonds is 2. The third-order valence-corrected chi connectivity index (χ3v) is 3.83. The molecule has 17 heavy (non-hydrogen) atoms. The Labute approximate surface area is 105 Å². The fraction of sp³-hybridized carbons (Fsp3) is 0.308. The van der Waals surface area contributed by atoms with Crippen LogP contribution in [0.25, 0.3) is 10.6 Å².